The molecule has 2 aromatic rings. The second kappa shape index (κ2) is 9.41. The van der Waals surface area contributed by atoms with E-state index in [0.29, 0.717) is 31.8 Å². The lowest BCUT2D eigenvalue weighted by molar-refractivity contribution is -0.121. The van der Waals surface area contributed by atoms with E-state index < -0.39 is 0 Å². The summed E-state index contributed by atoms with van der Waals surface area (Å²) in [5.74, 6) is 1.51. The molecule has 1 aliphatic rings. The Morgan fingerprint density at radius 3 is 2.85 bits per heavy atom. The molecule has 3 rings (SSSR count). The van der Waals surface area contributed by atoms with Gasteiger partial charge in [-0.2, -0.15) is 5.10 Å². The first kappa shape index (κ1) is 19.2. The molecule has 1 saturated heterocycles. The van der Waals surface area contributed by atoms with Crippen LogP contribution in [0.5, 0.6) is 0 Å². The summed E-state index contributed by atoms with van der Waals surface area (Å²) in [6.45, 7) is 3.17. The molecule has 2 aromatic heterocycles. The fourth-order valence-electron chi connectivity index (χ4n) is 3.14. The summed E-state index contributed by atoms with van der Waals surface area (Å²) in [5, 5.41) is 9.14. The fraction of sp³-hybridized carbons (Fsp3) is 0.647. The van der Waals surface area contributed by atoms with Gasteiger partial charge in [-0.1, -0.05) is 11.8 Å². The van der Waals surface area contributed by atoms with Crippen LogP contribution in [-0.2, 0) is 11.3 Å². The van der Waals surface area contributed by atoms with Crippen molar-refractivity contribution in [2.45, 2.75) is 43.8 Å². The van der Waals surface area contributed by atoms with Crippen LogP contribution >= 0.6 is 23.4 Å². The topological polar surface area (TPSA) is 75.9 Å². The first-order chi connectivity index (χ1) is 12.7. The second-order valence-corrected chi connectivity index (χ2v) is 7.48. The fourth-order valence-corrected chi connectivity index (χ4v) is 3.63. The Hall–Kier alpha value is -1.54. The lowest BCUT2D eigenvalue weighted by Crippen LogP contribution is -2.30. The Morgan fingerprint density at radius 2 is 2.12 bits per heavy atom. The Bertz CT molecular complexity index is 746. The molecule has 0 spiro atoms. The minimum atomic E-state index is 0.0237. The monoisotopic (exact) mass is 396 g/mol. The van der Waals surface area contributed by atoms with Crippen molar-refractivity contribution in [1.29, 1.82) is 0 Å². The van der Waals surface area contributed by atoms with E-state index in [1.54, 1.807) is 0 Å². The minimum absolute atomic E-state index is 0.0237. The molecule has 0 atom stereocenters. The first-order valence-corrected chi connectivity index (χ1v) is 10.8. The van der Waals surface area contributed by atoms with E-state index in [0.717, 1.165) is 35.1 Å². The van der Waals surface area contributed by atoms with Crippen LogP contribution < -0.4 is 10.2 Å². The molecular formula is C17H25ClN6OS. The van der Waals surface area contributed by atoms with Gasteiger partial charge >= 0.3 is 0 Å². The maximum atomic E-state index is 11.7. The van der Waals surface area contributed by atoms with E-state index in [4.69, 9.17) is 16.6 Å². The van der Waals surface area contributed by atoms with Gasteiger partial charge in [0, 0.05) is 31.9 Å². The van der Waals surface area contributed by atoms with Crippen LogP contribution in [0, 0.1) is 0 Å². The number of hydrogen-bond donors (Lipinski definition) is 1. The molecule has 26 heavy (non-hydrogen) atoms. The number of aromatic nitrogens is 4. The van der Waals surface area contributed by atoms with Crippen LogP contribution in [-0.4, -0.2) is 57.4 Å². The number of halogens is 1. The van der Waals surface area contributed by atoms with Gasteiger partial charge in [0.1, 0.15) is 5.82 Å². The van der Waals surface area contributed by atoms with Gasteiger partial charge in [0.25, 0.3) is 0 Å². The zero-order valence-electron chi connectivity index (χ0n) is 15.1. The highest BCUT2D eigenvalue weighted by molar-refractivity contribution is 7.98. The quantitative estimate of drug-likeness (QED) is 0.420. The molecule has 0 saturated carbocycles. The molecule has 1 N–H and O–H groups in total. The number of amides is 1. The standard InChI is InChI=1S/C17H25ClN6OS/c1-26-17-21-15(23-9-3-2-4-10-23)13-12-20-24(16(13)22-17)11-8-19-14(25)6-5-7-18/h12H,2-11H2,1H3,(H,19,25). The number of rotatable bonds is 8. The minimum Gasteiger partial charge on any atom is -0.356 e. The van der Waals surface area contributed by atoms with Crippen LogP contribution in [0.3, 0.4) is 0 Å². The van der Waals surface area contributed by atoms with E-state index in [1.807, 2.05) is 17.1 Å². The van der Waals surface area contributed by atoms with Gasteiger partial charge in [-0.15, -0.1) is 11.6 Å². The number of nitrogens with zero attached hydrogens (tertiary/aromatic N) is 5. The molecule has 142 valence electrons. The first-order valence-electron chi connectivity index (χ1n) is 9.08. The van der Waals surface area contributed by atoms with Gasteiger partial charge in [-0.3, -0.25) is 4.79 Å². The highest BCUT2D eigenvalue weighted by atomic mass is 35.5. The Balaban J connectivity index is 1.76. The number of piperidine rings is 1. The largest absolute Gasteiger partial charge is 0.356 e. The predicted octanol–water partition coefficient (Wildman–Crippen LogP) is 2.67. The van der Waals surface area contributed by atoms with E-state index in [2.05, 4.69) is 20.3 Å². The van der Waals surface area contributed by atoms with Crippen molar-refractivity contribution in [2.24, 2.45) is 0 Å². The molecule has 1 fully saturated rings. The summed E-state index contributed by atoms with van der Waals surface area (Å²) < 4.78 is 1.85. The molecular weight excluding hydrogens is 372 g/mol. The number of thioether (sulfide) groups is 1. The highest BCUT2D eigenvalue weighted by Gasteiger charge is 2.19. The van der Waals surface area contributed by atoms with Crippen LogP contribution in [0.15, 0.2) is 11.4 Å². The summed E-state index contributed by atoms with van der Waals surface area (Å²) >= 11 is 7.16. The second-order valence-electron chi connectivity index (χ2n) is 6.33. The van der Waals surface area contributed by atoms with Crippen molar-refractivity contribution in [3.8, 4) is 0 Å². The molecule has 1 amide bonds. The molecule has 1 aliphatic heterocycles. The zero-order chi connectivity index (χ0) is 18.4. The van der Waals surface area contributed by atoms with Crippen LogP contribution in [0.4, 0.5) is 5.82 Å². The summed E-state index contributed by atoms with van der Waals surface area (Å²) in [4.78, 5) is 23.5. The van der Waals surface area contributed by atoms with Gasteiger partial charge in [-0.25, -0.2) is 14.6 Å². The number of carbonyl (C=O) groups excluding carboxylic acids is 1. The zero-order valence-corrected chi connectivity index (χ0v) is 16.7. The van der Waals surface area contributed by atoms with Crippen molar-refractivity contribution < 1.29 is 4.79 Å². The average molecular weight is 397 g/mol. The number of carbonyl (C=O) groups is 1. The third kappa shape index (κ3) is 4.59. The van der Waals surface area contributed by atoms with Gasteiger partial charge < -0.3 is 10.2 Å². The third-order valence-corrected chi connectivity index (χ3v) is 5.29. The van der Waals surface area contributed by atoms with E-state index in [1.165, 1.54) is 31.0 Å². The van der Waals surface area contributed by atoms with Crippen LogP contribution in [0.1, 0.15) is 32.1 Å². The van der Waals surface area contributed by atoms with Crippen LogP contribution in [0.25, 0.3) is 11.0 Å². The molecule has 0 aliphatic carbocycles. The van der Waals surface area contributed by atoms with E-state index >= 15 is 0 Å². The number of nitrogens with one attached hydrogen (secondary N) is 1. The normalized spacial score (nSPS) is 14.8. The SMILES string of the molecule is CSc1nc(N2CCCCC2)c2cnn(CCNC(=O)CCCCl)c2n1. The average Bonchev–Trinajstić information content (AvgIpc) is 3.09. The van der Waals surface area contributed by atoms with Crippen molar-refractivity contribution in [2.75, 3.05) is 36.7 Å². The summed E-state index contributed by atoms with van der Waals surface area (Å²) in [7, 11) is 0. The van der Waals surface area contributed by atoms with Crippen molar-refractivity contribution in [3.63, 3.8) is 0 Å². The van der Waals surface area contributed by atoms with Crippen molar-refractivity contribution in [1.82, 2.24) is 25.1 Å². The number of hydrogen-bond acceptors (Lipinski definition) is 6. The van der Waals surface area contributed by atoms with Crippen LogP contribution in [0.2, 0.25) is 0 Å². The molecule has 3 heterocycles. The summed E-state index contributed by atoms with van der Waals surface area (Å²) in [6.07, 6.45) is 8.66. The maximum Gasteiger partial charge on any atom is 0.220 e. The maximum absolute atomic E-state index is 11.7. The van der Waals surface area contributed by atoms with Crippen molar-refractivity contribution in [3.05, 3.63) is 6.20 Å². The Labute approximate surface area is 162 Å². The van der Waals surface area contributed by atoms with Gasteiger partial charge in [0.2, 0.25) is 5.91 Å². The number of fused-ring (bicyclic) bond motifs is 1. The molecule has 7 nitrogen and oxygen atoms in total. The van der Waals surface area contributed by atoms with Gasteiger partial charge in [-0.05, 0) is 31.9 Å². The van der Waals surface area contributed by atoms with E-state index in [9.17, 15) is 4.79 Å². The number of alkyl halides is 1. The van der Waals surface area contributed by atoms with Gasteiger partial charge in [0.15, 0.2) is 10.8 Å². The lowest BCUT2D eigenvalue weighted by Gasteiger charge is -2.28. The Kier molecular flexibility index (Phi) is 6.96. The smallest absolute Gasteiger partial charge is 0.220 e. The number of anilines is 1. The summed E-state index contributed by atoms with van der Waals surface area (Å²) in [6, 6.07) is 0. The summed E-state index contributed by atoms with van der Waals surface area (Å²) in [5.41, 5.74) is 0.833. The molecule has 0 aromatic carbocycles. The molecule has 9 heteroatoms. The Morgan fingerprint density at radius 1 is 1.31 bits per heavy atom. The van der Waals surface area contributed by atoms with E-state index in [-0.39, 0.29) is 5.91 Å². The predicted molar refractivity (Wildman–Crippen MR) is 106 cm³/mol. The lowest BCUT2D eigenvalue weighted by atomic mass is 10.1. The van der Waals surface area contributed by atoms with Gasteiger partial charge in [0.05, 0.1) is 18.1 Å². The van der Waals surface area contributed by atoms with Crippen molar-refractivity contribution >= 4 is 46.1 Å². The molecule has 0 radical (unpaired) electrons. The molecule has 0 unspecified atom stereocenters. The highest BCUT2D eigenvalue weighted by Crippen LogP contribution is 2.28. The third-order valence-electron chi connectivity index (χ3n) is 4.48. The molecule has 0 bridgehead atoms.